The van der Waals surface area contributed by atoms with Gasteiger partial charge in [-0.2, -0.15) is 0 Å². The van der Waals surface area contributed by atoms with Crippen LogP contribution in [0.4, 0.5) is 5.69 Å². The van der Waals surface area contributed by atoms with E-state index in [4.69, 9.17) is 4.74 Å². The molecular formula is C30H32N2O4. The van der Waals surface area contributed by atoms with E-state index in [9.17, 15) is 14.4 Å². The van der Waals surface area contributed by atoms with Crippen LogP contribution in [-0.4, -0.2) is 35.8 Å². The molecule has 0 saturated heterocycles. The van der Waals surface area contributed by atoms with Crippen LogP contribution in [0.5, 0.6) is 0 Å². The maximum atomic E-state index is 13.2. The second-order valence-corrected chi connectivity index (χ2v) is 9.82. The number of aryl methyl sites for hydroxylation is 3. The molecule has 0 aromatic heterocycles. The van der Waals surface area contributed by atoms with E-state index in [1.165, 1.54) is 7.11 Å². The molecule has 2 amide bonds. The highest BCUT2D eigenvalue weighted by Gasteiger charge is 2.38. The maximum Gasteiger partial charge on any atom is 0.328 e. The lowest BCUT2D eigenvalue weighted by molar-refractivity contribution is -0.147. The molecule has 1 atom stereocenters. The number of fused-ring (bicyclic) bond motifs is 1. The van der Waals surface area contributed by atoms with Gasteiger partial charge in [-0.15, -0.1) is 0 Å². The summed E-state index contributed by atoms with van der Waals surface area (Å²) in [6, 6.07) is 16.8. The zero-order chi connectivity index (χ0) is 26.1. The first-order chi connectivity index (χ1) is 17.1. The zero-order valence-electron chi connectivity index (χ0n) is 21.6. The number of nitrogens with zero attached hydrogens (tertiary/aromatic N) is 1. The summed E-state index contributed by atoms with van der Waals surface area (Å²) in [5.41, 5.74) is 7.74. The van der Waals surface area contributed by atoms with Crippen molar-refractivity contribution in [3.63, 3.8) is 0 Å². The molecule has 0 fully saturated rings. The minimum atomic E-state index is -0.623. The zero-order valence-corrected chi connectivity index (χ0v) is 21.6. The Hall–Kier alpha value is -3.93. The number of carbonyl (C=O) groups excluding carboxylic acids is 3. The highest BCUT2D eigenvalue weighted by molar-refractivity contribution is 6.06. The van der Waals surface area contributed by atoms with Crippen molar-refractivity contribution in [3.05, 3.63) is 88.0 Å². The number of nitrogens with one attached hydrogen (secondary N) is 1. The van der Waals surface area contributed by atoms with E-state index in [0.717, 1.165) is 33.4 Å². The summed E-state index contributed by atoms with van der Waals surface area (Å²) in [6.07, 6.45) is 0. The van der Waals surface area contributed by atoms with Gasteiger partial charge in [-0.25, -0.2) is 4.79 Å². The smallest absolute Gasteiger partial charge is 0.328 e. The highest BCUT2D eigenvalue weighted by atomic mass is 16.5. The quantitative estimate of drug-likeness (QED) is 0.457. The summed E-state index contributed by atoms with van der Waals surface area (Å²) in [5.74, 6) is -0.764. The first-order valence-electron chi connectivity index (χ1n) is 12.1. The van der Waals surface area contributed by atoms with Crippen molar-refractivity contribution < 1.29 is 19.1 Å². The standard InChI is InChI=1S/C30H32N2O4/c1-17(2)27(30(35)36-6)32-16-23-8-7-22(15-25(23)29(32)34)21-9-11-24(12-10-21)31-28(33)26-19(4)13-18(3)14-20(26)5/h7-15,17,27H,16H2,1-6H3,(H,31,33)/t27-/m0/s1. The highest BCUT2D eigenvalue weighted by Crippen LogP contribution is 2.32. The van der Waals surface area contributed by atoms with Crippen LogP contribution in [0.3, 0.4) is 0 Å². The van der Waals surface area contributed by atoms with E-state index in [1.807, 2.05) is 89.2 Å². The molecule has 0 aliphatic carbocycles. The van der Waals surface area contributed by atoms with Crippen molar-refractivity contribution in [2.24, 2.45) is 5.92 Å². The Balaban J connectivity index is 1.53. The van der Waals surface area contributed by atoms with Gasteiger partial charge in [0.1, 0.15) is 6.04 Å². The number of benzene rings is 3. The van der Waals surface area contributed by atoms with Crippen LogP contribution in [0.15, 0.2) is 54.6 Å². The van der Waals surface area contributed by atoms with Crippen molar-refractivity contribution in [2.45, 2.75) is 47.2 Å². The van der Waals surface area contributed by atoms with E-state index in [0.29, 0.717) is 23.4 Å². The van der Waals surface area contributed by atoms with E-state index in [-0.39, 0.29) is 17.7 Å². The van der Waals surface area contributed by atoms with Crippen molar-refractivity contribution in [1.29, 1.82) is 0 Å². The molecule has 186 valence electrons. The molecule has 1 aliphatic heterocycles. The number of hydrogen-bond acceptors (Lipinski definition) is 4. The van der Waals surface area contributed by atoms with Gasteiger partial charge in [0, 0.05) is 23.4 Å². The first kappa shape index (κ1) is 25.2. The summed E-state index contributed by atoms with van der Waals surface area (Å²) < 4.78 is 4.95. The number of carbonyl (C=O) groups is 3. The minimum absolute atomic E-state index is 0.0644. The van der Waals surface area contributed by atoms with E-state index >= 15 is 0 Å². The largest absolute Gasteiger partial charge is 0.467 e. The first-order valence-corrected chi connectivity index (χ1v) is 12.1. The third-order valence-corrected chi connectivity index (χ3v) is 6.73. The molecule has 0 unspecified atom stereocenters. The van der Waals surface area contributed by atoms with Crippen LogP contribution < -0.4 is 5.32 Å². The maximum absolute atomic E-state index is 13.2. The summed E-state index contributed by atoms with van der Waals surface area (Å²) in [5, 5.41) is 2.99. The van der Waals surface area contributed by atoms with Gasteiger partial charge in [-0.1, -0.05) is 55.8 Å². The van der Waals surface area contributed by atoms with Gasteiger partial charge < -0.3 is 15.0 Å². The van der Waals surface area contributed by atoms with Crippen LogP contribution in [0.2, 0.25) is 0 Å². The number of rotatable bonds is 6. The van der Waals surface area contributed by atoms with E-state index in [2.05, 4.69) is 5.32 Å². The average molecular weight is 485 g/mol. The van der Waals surface area contributed by atoms with Gasteiger partial charge in [0.15, 0.2) is 0 Å². The molecule has 1 aliphatic rings. The van der Waals surface area contributed by atoms with Crippen LogP contribution in [0.1, 0.15) is 56.8 Å². The number of ether oxygens (including phenoxy) is 1. The molecule has 6 heteroatoms. The molecule has 3 aromatic rings. The average Bonchev–Trinajstić information content (AvgIpc) is 3.14. The predicted molar refractivity (Wildman–Crippen MR) is 141 cm³/mol. The van der Waals surface area contributed by atoms with Crippen LogP contribution in [-0.2, 0) is 16.1 Å². The number of hydrogen-bond donors (Lipinski definition) is 1. The number of anilines is 1. The second kappa shape index (κ2) is 9.97. The summed E-state index contributed by atoms with van der Waals surface area (Å²) in [4.78, 5) is 40.0. The number of methoxy groups -OCH3 is 1. The van der Waals surface area contributed by atoms with Crippen LogP contribution in [0, 0.1) is 26.7 Å². The molecular weight excluding hydrogens is 452 g/mol. The predicted octanol–water partition coefficient (Wildman–Crippen LogP) is 5.68. The van der Waals surface area contributed by atoms with Gasteiger partial charge in [0.2, 0.25) is 0 Å². The molecule has 1 heterocycles. The number of amides is 2. The molecule has 6 nitrogen and oxygen atoms in total. The Morgan fingerprint density at radius 3 is 2.11 bits per heavy atom. The molecule has 36 heavy (non-hydrogen) atoms. The summed E-state index contributed by atoms with van der Waals surface area (Å²) in [7, 11) is 1.35. The van der Waals surface area contributed by atoms with E-state index < -0.39 is 12.0 Å². The summed E-state index contributed by atoms with van der Waals surface area (Å²) >= 11 is 0. The normalized spacial score (nSPS) is 13.5. The molecule has 0 radical (unpaired) electrons. The van der Waals surface area contributed by atoms with Gasteiger partial charge >= 0.3 is 5.97 Å². The van der Waals surface area contributed by atoms with Crippen molar-refractivity contribution >= 4 is 23.5 Å². The fourth-order valence-corrected chi connectivity index (χ4v) is 5.09. The minimum Gasteiger partial charge on any atom is -0.467 e. The third-order valence-electron chi connectivity index (χ3n) is 6.73. The van der Waals surface area contributed by atoms with Crippen molar-refractivity contribution in [3.8, 4) is 11.1 Å². The molecule has 0 bridgehead atoms. The van der Waals surface area contributed by atoms with E-state index in [1.54, 1.807) is 4.90 Å². The number of esters is 1. The van der Waals surface area contributed by atoms with Gasteiger partial charge in [0.05, 0.1) is 7.11 Å². The van der Waals surface area contributed by atoms with Crippen molar-refractivity contribution in [1.82, 2.24) is 4.90 Å². The van der Waals surface area contributed by atoms with Gasteiger partial charge in [-0.3, -0.25) is 9.59 Å². The molecule has 0 spiro atoms. The molecule has 0 saturated carbocycles. The lowest BCUT2D eigenvalue weighted by Crippen LogP contribution is -2.45. The Kier molecular flexibility index (Phi) is 6.97. The monoisotopic (exact) mass is 484 g/mol. The fourth-order valence-electron chi connectivity index (χ4n) is 5.09. The molecule has 4 rings (SSSR count). The molecule has 1 N–H and O–H groups in total. The third kappa shape index (κ3) is 4.76. The second-order valence-electron chi connectivity index (χ2n) is 9.82. The Bertz CT molecular complexity index is 1320. The SMILES string of the molecule is COC(=O)[C@H](C(C)C)N1Cc2ccc(-c3ccc(NC(=O)c4c(C)cc(C)cc4C)cc3)cc2C1=O. The Labute approximate surface area is 212 Å². The van der Waals surface area contributed by atoms with Crippen LogP contribution >= 0.6 is 0 Å². The van der Waals surface area contributed by atoms with Gasteiger partial charge in [0.25, 0.3) is 11.8 Å². The Morgan fingerprint density at radius 1 is 0.917 bits per heavy atom. The fraction of sp³-hybridized carbons (Fsp3) is 0.300. The Morgan fingerprint density at radius 2 is 1.53 bits per heavy atom. The van der Waals surface area contributed by atoms with Crippen LogP contribution in [0.25, 0.3) is 11.1 Å². The topological polar surface area (TPSA) is 75.7 Å². The lowest BCUT2D eigenvalue weighted by Gasteiger charge is -2.28. The molecule has 3 aromatic carbocycles. The lowest BCUT2D eigenvalue weighted by atomic mass is 9.98. The van der Waals surface area contributed by atoms with Gasteiger partial charge in [-0.05, 0) is 72.7 Å². The van der Waals surface area contributed by atoms with Crippen molar-refractivity contribution in [2.75, 3.05) is 12.4 Å². The summed E-state index contributed by atoms with van der Waals surface area (Å²) in [6.45, 7) is 10.1.